The van der Waals surface area contributed by atoms with Gasteiger partial charge in [0, 0.05) is 32.6 Å². The average Bonchev–Trinajstić information content (AvgIpc) is 3.06. The van der Waals surface area contributed by atoms with Crippen molar-refractivity contribution in [3.8, 4) is 11.5 Å². The van der Waals surface area contributed by atoms with Crippen LogP contribution in [0.15, 0.2) is 48.5 Å². The fourth-order valence-electron chi connectivity index (χ4n) is 5.64. The van der Waals surface area contributed by atoms with Gasteiger partial charge in [0.25, 0.3) is 0 Å². The molecule has 4 atom stereocenters. The van der Waals surface area contributed by atoms with Gasteiger partial charge in [-0.1, -0.05) is 64.1 Å². The van der Waals surface area contributed by atoms with Crippen molar-refractivity contribution in [3.05, 3.63) is 59.7 Å². The molecule has 274 valence electrons. The molecule has 0 saturated carbocycles. The minimum atomic E-state index is -0.895. The SMILES string of the molecule is COCCCOc1cc(C[C@@H](CC[C@H](C[C@H](C(=O)NCC(C)(C)C(N)=O)C(C)C)OC(=O)[C@@H](N)Cc2ccccc2)C(C)C)ccc1OC. The average molecular weight is 684 g/mol. The van der Waals surface area contributed by atoms with E-state index >= 15 is 0 Å². The predicted molar refractivity (Wildman–Crippen MR) is 193 cm³/mol. The third-order valence-corrected chi connectivity index (χ3v) is 9.19. The minimum absolute atomic E-state index is 0.0432. The van der Waals surface area contributed by atoms with Crippen molar-refractivity contribution in [2.45, 2.75) is 92.2 Å². The number of nitrogens with one attached hydrogen (secondary N) is 1. The fraction of sp³-hybridized carbons (Fsp3) is 0.615. The van der Waals surface area contributed by atoms with E-state index in [4.69, 9.17) is 30.4 Å². The van der Waals surface area contributed by atoms with Crippen LogP contribution in [-0.4, -0.2) is 63.9 Å². The quantitative estimate of drug-likeness (QED) is 0.103. The monoisotopic (exact) mass is 683 g/mol. The summed E-state index contributed by atoms with van der Waals surface area (Å²) in [6.45, 7) is 13.0. The lowest BCUT2D eigenvalue weighted by atomic mass is 9.82. The molecule has 2 rings (SSSR count). The summed E-state index contributed by atoms with van der Waals surface area (Å²) in [6.07, 6.45) is 3.04. The van der Waals surface area contributed by atoms with E-state index in [0.717, 1.165) is 30.4 Å². The van der Waals surface area contributed by atoms with E-state index in [1.807, 2.05) is 56.3 Å². The van der Waals surface area contributed by atoms with Crippen molar-refractivity contribution in [1.82, 2.24) is 5.32 Å². The zero-order chi connectivity index (χ0) is 36.6. The lowest BCUT2D eigenvalue weighted by Crippen LogP contribution is -2.45. The fourth-order valence-corrected chi connectivity index (χ4v) is 5.64. The number of rotatable bonds is 23. The van der Waals surface area contributed by atoms with Crippen LogP contribution >= 0.6 is 0 Å². The Kier molecular flexibility index (Phi) is 17.6. The second-order valence-electron chi connectivity index (χ2n) is 14.4. The van der Waals surface area contributed by atoms with E-state index in [1.165, 1.54) is 0 Å². The Balaban J connectivity index is 2.25. The topological polar surface area (TPSA) is 152 Å². The highest BCUT2D eigenvalue weighted by Gasteiger charge is 2.32. The second-order valence-corrected chi connectivity index (χ2v) is 14.4. The van der Waals surface area contributed by atoms with E-state index < -0.39 is 35.4 Å². The molecule has 49 heavy (non-hydrogen) atoms. The highest BCUT2D eigenvalue weighted by atomic mass is 16.5. The van der Waals surface area contributed by atoms with Gasteiger partial charge < -0.3 is 35.7 Å². The molecule has 2 aromatic rings. The van der Waals surface area contributed by atoms with Crippen molar-refractivity contribution in [1.29, 1.82) is 0 Å². The van der Waals surface area contributed by atoms with Crippen molar-refractivity contribution in [2.24, 2.45) is 40.6 Å². The summed E-state index contributed by atoms with van der Waals surface area (Å²) in [5, 5.41) is 2.92. The molecule has 2 amide bonds. The number of carbonyl (C=O) groups is 3. The maximum absolute atomic E-state index is 13.5. The summed E-state index contributed by atoms with van der Waals surface area (Å²) in [5.41, 5.74) is 13.0. The number of ether oxygens (including phenoxy) is 4. The van der Waals surface area contributed by atoms with Crippen LogP contribution in [0.25, 0.3) is 0 Å². The van der Waals surface area contributed by atoms with E-state index in [9.17, 15) is 14.4 Å². The Hall–Kier alpha value is -3.63. The molecule has 0 aliphatic rings. The molecule has 0 radical (unpaired) electrons. The van der Waals surface area contributed by atoms with Gasteiger partial charge in [0.1, 0.15) is 12.1 Å². The molecule has 0 aliphatic carbocycles. The van der Waals surface area contributed by atoms with Crippen LogP contribution in [0.5, 0.6) is 11.5 Å². The van der Waals surface area contributed by atoms with Crippen molar-refractivity contribution >= 4 is 17.8 Å². The van der Waals surface area contributed by atoms with E-state index in [-0.39, 0.29) is 24.3 Å². The van der Waals surface area contributed by atoms with Gasteiger partial charge in [-0.25, -0.2) is 0 Å². The van der Waals surface area contributed by atoms with Crippen molar-refractivity contribution in [3.63, 3.8) is 0 Å². The summed E-state index contributed by atoms with van der Waals surface area (Å²) in [4.78, 5) is 38.7. The minimum Gasteiger partial charge on any atom is -0.493 e. The maximum Gasteiger partial charge on any atom is 0.323 e. The number of hydrogen-bond donors (Lipinski definition) is 3. The van der Waals surface area contributed by atoms with Crippen LogP contribution in [0.4, 0.5) is 0 Å². The molecule has 0 saturated heterocycles. The maximum atomic E-state index is 13.5. The van der Waals surface area contributed by atoms with Crippen molar-refractivity contribution < 1.29 is 33.3 Å². The molecular weight excluding hydrogens is 622 g/mol. The second kappa shape index (κ2) is 20.8. The van der Waals surface area contributed by atoms with Crippen LogP contribution in [0, 0.1) is 29.1 Å². The Morgan fingerprint density at radius 1 is 0.857 bits per heavy atom. The van der Waals surface area contributed by atoms with Gasteiger partial charge in [-0.3, -0.25) is 14.4 Å². The Morgan fingerprint density at radius 2 is 1.55 bits per heavy atom. The first-order valence-corrected chi connectivity index (χ1v) is 17.5. The normalized spacial score (nSPS) is 14.2. The Bertz CT molecular complexity index is 1300. The third kappa shape index (κ3) is 14.4. The van der Waals surface area contributed by atoms with Gasteiger partial charge in [0.15, 0.2) is 11.5 Å². The van der Waals surface area contributed by atoms with Gasteiger partial charge in [-0.15, -0.1) is 0 Å². The van der Waals surface area contributed by atoms with Crippen LogP contribution in [0.3, 0.4) is 0 Å². The summed E-state index contributed by atoms with van der Waals surface area (Å²) in [6, 6.07) is 14.8. The summed E-state index contributed by atoms with van der Waals surface area (Å²) in [7, 11) is 3.30. The molecule has 10 heteroatoms. The highest BCUT2D eigenvalue weighted by Crippen LogP contribution is 2.32. The molecule has 0 fully saturated rings. The molecular formula is C39H61N3O7. The van der Waals surface area contributed by atoms with Crippen LogP contribution < -0.4 is 26.3 Å². The molecule has 0 aliphatic heterocycles. The van der Waals surface area contributed by atoms with Gasteiger partial charge >= 0.3 is 5.97 Å². The third-order valence-electron chi connectivity index (χ3n) is 9.19. The smallest absolute Gasteiger partial charge is 0.323 e. The predicted octanol–water partition coefficient (Wildman–Crippen LogP) is 5.48. The zero-order valence-electron chi connectivity index (χ0n) is 31.0. The molecule has 5 N–H and O–H groups in total. The van der Waals surface area contributed by atoms with Crippen molar-refractivity contribution in [2.75, 3.05) is 34.0 Å². The number of esters is 1. The highest BCUT2D eigenvalue weighted by molar-refractivity contribution is 5.83. The number of nitrogens with two attached hydrogens (primary N) is 2. The van der Waals surface area contributed by atoms with Gasteiger partial charge in [-0.2, -0.15) is 0 Å². The van der Waals surface area contributed by atoms with E-state index in [0.29, 0.717) is 49.9 Å². The first-order valence-electron chi connectivity index (χ1n) is 17.5. The zero-order valence-corrected chi connectivity index (χ0v) is 31.0. The van der Waals surface area contributed by atoms with E-state index in [1.54, 1.807) is 28.1 Å². The van der Waals surface area contributed by atoms with Gasteiger partial charge in [-0.05, 0) is 87.0 Å². The number of amides is 2. The molecule has 0 bridgehead atoms. The largest absolute Gasteiger partial charge is 0.493 e. The summed E-state index contributed by atoms with van der Waals surface area (Å²) in [5.74, 6) is 0.300. The number of hydrogen-bond acceptors (Lipinski definition) is 8. The Labute approximate surface area is 294 Å². The van der Waals surface area contributed by atoms with Gasteiger partial charge in [0.05, 0.1) is 19.1 Å². The first-order chi connectivity index (χ1) is 23.2. The van der Waals surface area contributed by atoms with Crippen LogP contribution in [0.1, 0.15) is 78.4 Å². The molecule has 0 heterocycles. The van der Waals surface area contributed by atoms with Gasteiger partial charge in [0.2, 0.25) is 11.8 Å². The number of primary amides is 1. The lowest BCUT2D eigenvalue weighted by Gasteiger charge is -2.30. The summed E-state index contributed by atoms with van der Waals surface area (Å²) >= 11 is 0. The standard InChI is InChI=1S/C39H61N3O7/c1-26(2)30(21-29-15-18-34(47-8)35(23-29)48-20-12-19-46-7)16-17-31(49-37(44)33(40)22-28-13-10-9-11-14-28)24-32(27(3)4)36(43)42-25-39(5,6)38(41)45/h9-11,13-15,18,23,26-27,30-33H,12,16-17,19-22,24-25,40H2,1-8H3,(H2,41,45)(H,42,43)/t30-,31-,32+,33+/m1/s1. The number of benzene rings is 2. The number of carbonyl (C=O) groups excluding carboxylic acids is 3. The number of methoxy groups -OCH3 is 2. The molecule has 0 aromatic heterocycles. The Morgan fingerprint density at radius 3 is 2.14 bits per heavy atom. The van der Waals surface area contributed by atoms with Crippen LogP contribution in [-0.2, 0) is 36.7 Å². The first kappa shape index (κ1) is 41.5. The molecule has 2 aromatic carbocycles. The van der Waals surface area contributed by atoms with E-state index in [2.05, 4.69) is 25.2 Å². The lowest BCUT2D eigenvalue weighted by molar-refractivity contribution is -0.153. The molecule has 0 spiro atoms. The molecule has 10 nitrogen and oxygen atoms in total. The molecule has 0 unspecified atom stereocenters. The summed E-state index contributed by atoms with van der Waals surface area (Å²) < 4.78 is 22.8. The van der Waals surface area contributed by atoms with Crippen LogP contribution in [0.2, 0.25) is 0 Å².